The molecule has 1 aromatic heterocycles. The van der Waals surface area contributed by atoms with Crippen LogP contribution in [0.2, 0.25) is 0 Å². The lowest BCUT2D eigenvalue weighted by atomic mass is 10.2. The number of aromatic nitrogens is 2. The topological polar surface area (TPSA) is 51.4 Å². The predicted molar refractivity (Wildman–Crippen MR) is 80.1 cm³/mol. The van der Waals surface area contributed by atoms with Crippen molar-refractivity contribution in [1.82, 2.24) is 9.78 Å². The molecule has 0 aliphatic carbocycles. The molecule has 1 aliphatic rings. The van der Waals surface area contributed by atoms with E-state index in [-0.39, 0.29) is 6.04 Å². The minimum Gasteiger partial charge on any atom is -0.484 e. The summed E-state index contributed by atoms with van der Waals surface area (Å²) >= 11 is 0. The summed E-state index contributed by atoms with van der Waals surface area (Å²) in [5.74, 6) is 1.52. The van der Waals surface area contributed by atoms with E-state index in [0.717, 1.165) is 35.2 Å². The van der Waals surface area contributed by atoms with Crippen molar-refractivity contribution in [3.05, 3.63) is 36.0 Å². The Bertz CT molecular complexity index is 645. The standard InChI is InChI=1S/C15H18N4O/c1-10-9-13(20-3)17-15-14(16-10)11(2)18-19(15)12-7-5-4-6-8-12/h4-8,10,16H,9H2,1-3H3. The maximum Gasteiger partial charge on any atom is 0.191 e. The molecule has 2 heterocycles. The summed E-state index contributed by atoms with van der Waals surface area (Å²) in [7, 11) is 1.66. The minimum atomic E-state index is 0.266. The first kappa shape index (κ1) is 12.7. The van der Waals surface area contributed by atoms with Crippen molar-refractivity contribution in [2.75, 3.05) is 12.4 Å². The zero-order valence-electron chi connectivity index (χ0n) is 11.9. The van der Waals surface area contributed by atoms with Crippen LogP contribution in [0.5, 0.6) is 0 Å². The molecule has 0 saturated heterocycles. The van der Waals surface area contributed by atoms with Crippen molar-refractivity contribution in [2.24, 2.45) is 4.99 Å². The number of nitrogens with zero attached hydrogens (tertiary/aromatic N) is 3. The lowest BCUT2D eigenvalue weighted by Gasteiger charge is -2.11. The Morgan fingerprint density at radius 1 is 1.30 bits per heavy atom. The van der Waals surface area contributed by atoms with Gasteiger partial charge in [0.1, 0.15) is 5.69 Å². The molecule has 1 N–H and O–H groups in total. The second kappa shape index (κ2) is 5.00. The molecule has 5 heteroatoms. The highest BCUT2D eigenvalue weighted by Crippen LogP contribution is 2.34. The van der Waals surface area contributed by atoms with Crippen molar-refractivity contribution in [3.63, 3.8) is 0 Å². The summed E-state index contributed by atoms with van der Waals surface area (Å²) in [5, 5.41) is 8.07. The van der Waals surface area contributed by atoms with Crippen LogP contribution >= 0.6 is 0 Å². The fourth-order valence-electron chi connectivity index (χ4n) is 2.39. The molecule has 1 unspecified atom stereocenters. The molecule has 0 amide bonds. The largest absolute Gasteiger partial charge is 0.484 e. The molecule has 3 rings (SSSR count). The van der Waals surface area contributed by atoms with Gasteiger partial charge >= 0.3 is 0 Å². The van der Waals surface area contributed by atoms with Gasteiger partial charge in [0.25, 0.3) is 0 Å². The molecule has 0 fully saturated rings. The molecular weight excluding hydrogens is 252 g/mol. The number of anilines is 1. The number of fused-ring (bicyclic) bond motifs is 1. The van der Waals surface area contributed by atoms with Gasteiger partial charge in [-0.05, 0) is 26.0 Å². The van der Waals surface area contributed by atoms with Gasteiger partial charge in [-0.3, -0.25) is 0 Å². The number of benzene rings is 1. The summed E-state index contributed by atoms with van der Waals surface area (Å²) in [6.45, 7) is 4.11. The molecule has 0 bridgehead atoms. The molecule has 2 aromatic rings. The number of para-hydroxylation sites is 1. The average molecular weight is 270 g/mol. The highest BCUT2D eigenvalue weighted by molar-refractivity contribution is 5.85. The van der Waals surface area contributed by atoms with Crippen LogP contribution in [-0.2, 0) is 4.74 Å². The van der Waals surface area contributed by atoms with Gasteiger partial charge in [0.2, 0.25) is 0 Å². The SMILES string of the molecule is COC1=Nc2c(c(C)nn2-c2ccccc2)NC(C)C1. The van der Waals surface area contributed by atoms with Crippen LogP contribution in [0.15, 0.2) is 35.3 Å². The first-order valence-corrected chi connectivity index (χ1v) is 6.72. The van der Waals surface area contributed by atoms with Gasteiger partial charge in [0.05, 0.1) is 18.5 Å². The number of aryl methyl sites for hydroxylation is 1. The number of aliphatic imine (C=N–C) groups is 1. The molecule has 1 atom stereocenters. The molecule has 0 spiro atoms. The molecular formula is C15H18N4O. The molecule has 0 radical (unpaired) electrons. The van der Waals surface area contributed by atoms with Crippen LogP contribution in [0.1, 0.15) is 19.0 Å². The summed E-state index contributed by atoms with van der Waals surface area (Å²) in [5.41, 5.74) is 2.91. The highest BCUT2D eigenvalue weighted by Gasteiger charge is 2.22. The van der Waals surface area contributed by atoms with E-state index in [1.807, 2.05) is 41.9 Å². The minimum absolute atomic E-state index is 0.266. The van der Waals surface area contributed by atoms with Crippen LogP contribution in [0.25, 0.3) is 5.69 Å². The average Bonchev–Trinajstić information content (AvgIpc) is 2.66. The summed E-state index contributed by atoms with van der Waals surface area (Å²) in [4.78, 5) is 4.64. The number of hydrogen-bond donors (Lipinski definition) is 1. The normalized spacial score (nSPS) is 17.8. The van der Waals surface area contributed by atoms with Crippen LogP contribution in [0.4, 0.5) is 11.5 Å². The van der Waals surface area contributed by atoms with Crippen molar-refractivity contribution < 1.29 is 4.74 Å². The maximum absolute atomic E-state index is 5.37. The predicted octanol–water partition coefficient (Wildman–Crippen LogP) is 3.06. The van der Waals surface area contributed by atoms with E-state index in [2.05, 4.69) is 22.3 Å². The molecule has 5 nitrogen and oxygen atoms in total. The van der Waals surface area contributed by atoms with E-state index in [9.17, 15) is 0 Å². The monoisotopic (exact) mass is 270 g/mol. The van der Waals surface area contributed by atoms with Gasteiger partial charge in [-0.1, -0.05) is 18.2 Å². The Kier molecular flexibility index (Phi) is 3.18. The van der Waals surface area contributed by atoms with E-state index in [4.69, 9.17) is 4.74 Å². The van der Waals surface area contributed by atoms with Crippen LogP contribution in [0.3, 0.4) is 0 Å². The summed E-state index contributed by atoms with van der Waals surface area (Å²) < 4.78 is 7.22. The van der Waals surface area contributed by atoms with Crippen LogP contribution in [-0.4, -0.2) is 28.8 Å². The van der Waals surface area contributed by atoms with E-state index in [0.29, 0.717) is 0 Å². The molecule has 1 aromatic carbocycles. The highest BCUT2D eigenvalue weighted by atomic mass is 16.5. The lowest BCUT2D eigenvalue weighted by molar-refractivity contribution is 0.388. The second-order valence-corrected chi connectivity index (χ2v) is 4.99. The molecule has 104 valence electrons. The third-order valence-electron chi connectivity index (χ3n) is 3.37. The summed E-state index contributed by atoms with van der Waals surface area (Å²) in [6.07, 6.45) is 0.763. The number of hydrogen-bond acceptors (Lipinski definition) is 4. The first-order valence-electron chi connectivity index (χ1n) is 6.72. The quantitative estimate of drug-likeness (QED) is 0.866. The van der Waals surface area contributed by atoms with Crippen LogP contribution in [0, 0.1) is 6.92 Å². The summed E-state index contributed by atoms with van der Waals surface area (Å²) in [6, 6.07) is 10.3. The Hall–Kier alpha value is -2.30. The van der Waals surface area contributed by atoms with Crippen LogP contribution < -0.4 is 5.32 Å². The van der Waals surface area contributed by atoms with Crippen molar-refractivity contribution >= 4 is 17.4 Å². The Labute approximate surface area is 118 Å². The van der Waals surface area contributed by atoms with E-state index in [1.165, 1.54) is 0 Å². The van der Waals surface area contributed by atoms with Gasteiger partial charge in [-0.15, -0.1) is 0 Å². The van der Waals surface area contributed by atoms with Gasteiger partial charge in [-0.2, -0.15) is 10.1 Å². The Morgan fingerprint density at radius 2 is 2.05 bits per heavy atom. The first-order chi connectivity index (χ1) is 9.69. The van der Waals surface area contributed by atoms with Gasteiger partial charge < -0.3 is 10.1 Å². The van der Waals surface area contributed by atoms with Crippen molar-refractivity contribution in [3.8, 4) is 5.69 Å². The smallest absolute Gasteiger partial charge is 0.191 e. The van der Waals surface area contributed by atoms with Gasteiger partial charge in [0, 0.05) is 12.5 Å². The number of methoxy groups -OCH3 is 1. The zero-order chi connectivity index (χ0) is 14.1. The molecule has 0 saturated carbocycles. The fourth-order valence-corrected chi connectivity index (χ4v) is 2.39. The fraction of sp³-hybridized carbons (Fsp3) is 0.333. The second-order valence-electron chi connectivity index (χ2n) is 4.99. The lowest BCUT2D eigenvalue weighted by Crippen LogP contribution is -2.18. The van der Waals surface area contributed by atoms with Crippen molar-refractivity contribution in [1.29, 1.82) is 0 Å². The Morgan fingerprint density at radius 3 is 2.75 bits per heavy atom. The zero-order valence-corrected chi connectivity index (χ0v) is 11.9. The van der Waals surface area contributed by atoms with Gasteiger partial charge in [0.15, 0.2) is 11.7 Å². The number of ether oxygens (including phenoxy) is 1. The van der Waals surface area contributed by atoms with E-state index in [1.54, 1.807) is 7.11 Å². The third-order valence-corrected chi connectivity index (χ3v) is 3.37. The molecule has 20 heavy (non-hydrogen) atoms. The third kappa shape index (κ3) is 2.15. The number of rotatable bonds is 1. The van der Waals surface area contributed by atoms with E-state index >= 15 is 0 Å². The van der Waals surface area contributed by atoms with E-state index < -0.39 is 0 Å². The number of nitrogens with one attached hydrogen (secondary N) is 1. The van der Waals surface area contributed by atoms with Crippen molar-refractivity contribution in [2.45, 2.75) is 26.3 Å². The van der Waals surface area contributed by atoms with Gasteiger partial charge in [-0.25, -0.2) is 4.68 Å². The maximum atomic E-state index is 5.37. The Balaban J connectivity index is 2.18. The molecule has 1 aliphatic heterocycles.